The predicted octanol–water partition coefficient (Wildman–Crippen LogP) is 2.24. The summed E-state index contributed by atoms with van der Waals surface area (Å²) in [5.41, 5.74) is 5.31. The van der Waals surface area contributed by atoms with Crippen LogP contribution in [0.2, 0.25) is 0 Å². The maximum atomic E-state index is 13.3. The highest BCUT2D eigenvalue weighted by Gasteiger charge is 2.24. The number of aromatic nitrogens is 4. The summed E-state index contributed by atoms with van der Waals surface area (Å²) in [7, 11) is 0. The van der Waals surface area contributed by atoms with E-state index in [1.807, 2.05) is 13.8 Å². The van der Waals surface area contributed by atoms with Crippen molar-refractivity contribution in [2.75, 3.05) is 17.2 Å². The molecule has 2 heterocycles. The van der Waals surface area contributed by atoms with Gasteiger partial charge < -0.3 is 10.6 Å². The van der Waals surface area contributed by atoms with E-state index in [-0.39, 0.29) is 42.5 Å². The Labute approximate surface area is 197 Å². The minimum Gasteiger partial charge on any atom is -0.383 e. The van der Waals surface area contributed by atoms with E-state index in [2.05, 4.69) is 9.97 Å². The lowest BCUT2D eigenvalue weighted by molar-refractivity contribution is -0.118. The van der Waals surface area contributed by atoms with E-state index in [0.717, 1.165) is 19.3 Å². The van der Waals surface area contributed by atoms with Crippen LogP contribution in [-0.2, 0) is 17.9 Å². The number of hydrogen-bond donors (Lipinski definition) is 2. The Kier molecular flexibility index (Phi) is 8.39. The first-order valence-electron chi connectivity index (χ1n) is 11.8. The molecule has 0 unspecified atom stereocenters. The monoisotopic (exact) mass is 468 g/mol. The van der Waals surface area contributed by atoms with Gasteiger partial charge in [0, 0.05) is 26.1 Å². The largest absolute Gasteiger partial charge is 0.383 e. The molecule has 3 N–H and O–H groups in total. The van der Waals surface area contributed by atoms with E-state index in [9.17, 15) is 19.2 Å². The Morgan fingerprint density at radius 3 is 2.53 bits per heavy atom. The molecular weight excluding hydrogens is 436 g/mol. The predicted molar refractivity (Wildman–Crippen MR) is 133 cm³/mol. The first kappa shape index (κ1) is 24.9. The molecular formula is C24H32N6O4. The van der Waals surface area contributed by atoms with Gasteiger partial charge in [-0.25, -0.2) is 9.78 Å². The standard InChI is InChI=1S/C24H32N6O4/c1-3-5-9-14-29(20-21(25)30(13-6-4-2)24(34)27-22(20)32)19(31)12-15-28-16-26-18-11-8-7-10-17(18)23(28)33/h7-8,10-11,16H,3-6,9,12-15,25H2,1-2H3,(H,27,32,34). The highest BCUT2D eigenvalue weighted by molar-refractivity contribution is 5.95. The summed E-state index contributed by atoms with van der Waals surface area (Å²) in [6.07, 6.45) is 5.41. The molecule has 0 aliphatic carbocycles. The van der Waals surface area contributed by atoms with Gasteiger partial charge in [0.25, 0.3) is 11.1 Å². The second-order valence-corrected chi connectivity index (χ2v) is 8.26. The molecule has 0 saturated carbocycles. The smallest absolute Gasteiger partial charge is 0.330 e. The molecule has 0 fully saturated rings. The summed E-state index contributed by atoms with van der Waals surface area (Å²) in [5.74, 6) is -0.370. The molecule has 0 spiro atoms. The van der Waals surface area contributed by atoms with Crippen LogP contribution in [0.4, 0.5) is 11.5 Å². The Morgan fingerprint density at radius 2 is 1.79 bits per heavy atom. The topological polar surface area (TPSA) is 136 Å². The van der Waals surface area contributed by atoms with Crippen molar-refractivity contribution in [1.82, 2.24) is 19.1 Å². The molecule has 10 heteroatoms. The number of para-hydroxylation sites is 1. The molecule has 1 aromatic carbocycles. The number of unbranched alkanes of at least 4 members (excludes halogenated alkanes) is 3. The molecule has 1 amide bonds. The quantitative estimate of drug-likeness (QED) is 0.414. The minimum absolute atomic E-state index is 0.0132. The van der Waals surface area contributed by atoms with E-state index in [4.69, 9.17) is 5.73 Å². The van der Waals surface area contributed by atoms with Crippen LogP contribution >= 0.6 is 0 Å². The number of benzene rings is 1. The van der Waals surface area contributed by atoms with Crippen LogP contribution in [0.5, 0.6) is 0 Å². The summed E-state index contributed by atoms with van der Waals surface area (Å²) in [4.78, 5) is 59.0. The average Bonchev–Trinajstić information content (AvgIpc) is 2.82. The number of anilines is 2. The van der Waals surface area contributed by atoms with Crippen molar-refractivity contribution in [2.24, 2.45) is 0 Å². The maximum Gasteiger partial charge on any atom is 0.330 e. The molecule has 0 radical (unpaired) electrons. The van der Waals surface area contributed by atoms with Gasteiger partial charge in [0.05, 0.1) is 17.2 Å². The summed E-state index contributed by atoms with van der Waals surface area (Å²) in [6.45, 7) is 4.76. The third kappa shape index (κ3) is 5.44. The third-order valence-electron chi connectivity index (χ3n) is 5.80. The number of carbonyl (C=O) groups is 1. The van der Waals surface area contributed by atoms with Gasteiger partial charge in [0.1, 0.15) is 5.82 Å². The number of H-pyrrole nitrogens is 1. The Bertz CT molecular complexity index is 1320. The van der Waals surface area contributed by atoms with Gasteiger partial charge in [-0.05, 0) is 25.0 Å². The van der Waals surface area contributed by atoms with E-state index in [1.165, 1.54) is 20.4 Å². The molecule has 0 aliphatic heterocycles. The van der Waals surface area contributed by atoms with Crippen LogP contribution in [0.25, 0.3) is 10.9 Å². The van der Waals surface area contributed by atoms with Gasteiger partial charge in [-0.3, -0.25) is 28.5 Å². The maximum absolute atomic E-state index is 13.3. The van der Waals surface area contributed by atoms with Gasteiger partial charge in [0.15, 0.2) is 5.69 Å². The average molecular weight is 469 g/mol. The van der Waals surface area contributed by atoms with Crippen molar-refractivity contribution in [3.8, 4) is 0 Å². The molecule has 182 valence electrons. The molecule has 34 heavy (non-hydrogen) atoms. The third-order valence-corrected chi connectivity index (χ3v) is 5.80. The van der Waals surface area contributed by atoms with Crippen molar-refractivity contribution in [1.29, 1.82) is 0 Å². The number of hydrogen-bond acceptors (Lipinski definition) is 6. The fraction of sp³-hybridized carbons (Fsp3) is 0.458. The van der Waals surface area contributed by atoms with Crippen LogP contribution < -0.4 is 27.4 Å². The molecule has 2 aromatic heterocycles. The van der Waals surface area contributed by atoms with Crippen LogP contribution in [0.1, 0.15) is 52.4 Å². The number of nitrogens with zero attached hydrogens (tertiary/aromatic N) is 4. The molecule has 0 saturated heterocycles. The lowest BCUT2D eigenvalue weighted by atomic mass is 10.2. The molecule has 10 nitrogen and oxygen atoms in total. The molecule has 3 aromatic rings. The zero-order valence-electron chi connectivity index (χ0n) is 19.7. The van der Waals surface area contributed by atoms with Crippen LogP contribution in [0.3, 0.4) is 0 Å². The number of nitrogens with two attached hydrogens (primary N) is 1. The van der Waals surface area contributed by atoms with Gasteiger partial charge in [-0.2, -0.15) is 0 Å². The van der Waals surface area contributed by atoms with Crippen LogP contribution in [0, 0.1) is 0 Å². The van der Waals surface area contributed by atoms with E-state index in [1.54, 1.807) is 24.3 Å². The fourth-order valence-electron chi connectivity index (χ4n) is 3.87. The first-order valence-corrected chi connectivity index (χ1v) is 11.8. The Hall–Kier alpha value is -3.69. The van der Waals surface area contributed by atoms with Gasteiger partial charge in [0.2, 0.25) is 5.91 Å². The number of rotatable bonds is 11. The number of aromatic amines is 1. The van der Waals surface area contributed by atoms with Gasteiger partial charge in [-0.15, -0.1) is 0 Å². The van der Waals surface area contributed by atoms with Crippen LogP contribution in [-0.4, -0.2) is 31.6 Å². The molecule has 0 atom stereocenters. The lowest BCUT2D eigenvalue weighted by Gasteiger charge is -2.25. The van der Waals surface area contributed by atoms with Crippen LogP contribution in [0.15, 0.2) is 45.0 Å². The zero-order valence-corrected chi connectivity index (χ0v) is 19.7. The fourth-order valence-corrected chi connectivity index (χ4v) is 3.87. The van der Waals surface area contributed by atoms with Crippen molar-refractivity contribution in [2.45, 2.75) is 65.5 Å². The second kappa shape index (κ2) is 11.4. The van der Waals surface area contributed by atoms with Gasteiger partial charge >= 0.3 is 5.69 Å². The van der Waals surface area contributed by atoms with Crippen molar-refractivity contribution < 1.29 is 4.79 Å². The molecule has 3 rings (SSSR count). The summed E-state index contributed by atoms with van der Waals surface area (Å²) >= 11 is 0. The van der Waals surface area contributed by atoms with Crippen molar-refractivity contribution >= 4 is 28.3 Å². The summed E-state index contributed by atoms with van der Waals surface area (Å²) in [6, 6.07) is 7.02. The minimum atomic E-state index is -0.690. The zero-order chi connectivity index (χ0) is 24.7. The Morgan fingerprint density at radius 1 is 1.06 bits per heavy atom. The number of nitrogens with one attached hydrogen (secondary N) is 1. The molecule has 0 aliphatic rings. The normalized spacial score (nSPS) is 11.1. The van der Waals surface area contributed by atoms with E-state index in [0.29, 0.717) is 30.3 Å². The number of fused-ring (bicyclic) bond motifs is 1. The summed E-state index contributed by atoms with van der Waals surface area (Å²) < 4.78 is 2.69. The number of carbonyl (C=O) groups excluding carboxylic acids is 1. The number of aryl methyl sites for hydroxylation is 1. The first-order chi connectivity index (χ1) is 16.4. The highest BCUT2D eigenvalue weighted by atomic mass is 16.2. The lowest BCUT2D eigenvalue weighted by Crippen LogP contribution is -2.42. The van der Waals surface area contributed by atoms with E-state index >= 15 is 0 Å². The highest BCUT2D eigenvalue weighted by Crippen LogP contribution is 2.19. The van der Waals surface area contributed by atoms with Gasteiger partial charge in [-0.1, -0.05) is 45.2 Å². The van der Waals surface area contributed by atoms with E-state index < -0.39 is 11.2 Å². The SMILES string of the molecule is CCCCCN(C(=O)CCn1cnc2ccccc2c1=O)c1c(N)n(CCCC)c(=O)[nH]c1=O. The molecule has 0 bridgehead atoms. The van der Waals surface area contributed by atoms with Crippen molar-refractivity contribution in [3.05, 3.63) is 61.8 Å². The Balaban J connectivity index is 1.91. The second-order valence-electron chi connectivity index (χ2n) is 8.26. The number of nitrogen functional groups attached to an aromatic ring is 1. The number of amides is 1. The summed E-state index contributed by atoms with van der Waals surface area (Å²) in [5, 5.41) is 0.473. The van der Waals surface area contributed by atoms with Crippen molar-refractivity contribution in [3.63, 3.8) is 0 Å².